The standard InChI is InChI=1S/C9H17F2NO2.ClH/c1-4-14-8(13)9(10,11)5-7(12)6(2)3;/h6-7H,4-5,12H2,1-3H3;1H/t7-;/m1./s1. The molecular weight excluding hydrogens is 228 g/mol. The summed E-state index contributed by atoms with van der Waals surface area (Å²) in [7, 11) is 0. The summed E-state index contributed by atoms with van der Waals surface area (Å²) in [6, 6.07) is -0.700. The fourth-order valence-electron chi connectivity index (χ4n) is 0.852. The summed E-state index contributed by atoms with van der Waals surface area (Å²) in [4.78, 5) is 10.8. The van der Waals surface area contributed by atoms with Crippen LogP contribution < -0.4 is 5.73 Å². The Kier molecular flexibility index (Phi) is 7.88. The SMILES string of the molecule is CCOC(=O)C(F)(F)C[C@@H](N)C(C)C.Cl. The van der Waals surface area contributed by atoms with Crippen LogP contribution in [-0.4, -0.2) is 24.5 Å². The fourth-order valence-corrected chi connectivity index (χ4v) is 0.852. The van der Waals surface area contributed by atoms with Gasteiger partial charge in [0.05, 0.1) is 6.61 Å². The summed E-state index contributed by atoms with van der Waals surface area (Å²) in [5.74, 6) is -5.05. The van der Waals surface area contributed by atoms with Crippen LogP contribution in [0.3, 0.4) is 0 Å². The summed E-state index contributed by atoms with van der Waals surface area (Å²) in [6.45, 7) is 4.89. The summed E-state index contributed by atoms with van der Waals surface area (Å²) in [6.07, 6.45) is -0.663. The van der Waals surface area contributed by atoms with Gasteiger partial charge in [0.15, 0.2) is 0 Å². The van der Waals surface area contributed by atoms with Gasteiger partial charge in [-0.1, -0.05) is 13.8 Å². The minimum Gasteiger partial charge on any atom is -0.462 e. The van der Waals surface area contributed by atoms with Crippen LogP contribution in [0.5, 0.6) is 0 Å². The number of carbonyl (C=O) groups excluding carboxylic acids is 1. The number of hydrogen-bond donors (Lipinski definition) is 1. The van der Waals surface area contributed by atoms with Crippen LogP contribution in [0.1, 0.15) is 27.2 Å². The molecule has 0 heterocycles. The molecule has 0 saturated carbocycles. The summed E-state index contributed by atoms with van der Waals surface area (Å²) in [5, 5.41) is 0. The average molecular weight is 246 g/mol. The molecule has 0 amide bonds. The Bertz CT molecular complexity index is 201. The van der Waals surface area contributed by atoms with Crippen molar-refractivity contribution in [1.82, 2.24) is 0 Å². The van der Waals surface area contributed by atoms with Gasteiger partial charge in [0, 0.05) is 12.5 Å². The van der Waals surface area contributed by atoms with E-state index in [0.29, 0.717) is 0 Å². The topological polar surface area (TPSA) is 52.3 Å². The molecule has 0 aromatic carbocycles. The van der Waals surface area contributed by atoms with E-state index in [4.69, 9.17) is 5.73 Å². The second-order valence-corrected chi connectivity index (χ2v) is 3.54. The van der Waals surface area contributed by atoms with E-state index in [1.54, 1.807) is 13.8 Å². The third-order valence-corrected chi connectivity index (χ3v) is 1.92. The molecule has 0 aliphatic rings. The Morgan fingerprint density at radius 1 is 1.47 bits per heavy atom. The molecule has 92 valence electrons. The highest BCUT2D eigenvalue weighted by atomic mass is 35.5. The molecule has 1 atom stereocenters. The predicted molar refractivity (Wildman–Crippen MR) is 56.3 cm³/mol. The van der Waals surface area contributed by atoms with E-state index in [-0.39, 0.29) is 24.9 Å². The Balaban J connectivity index is 0. The van der Waals surface area contributed by atoms with Gasteiger partial charge in [-0.2, -0.15) is 8.78 Å². The summed E-state index contributed by atoms with van der Waals surface area (Å²) < 4.78 is 30.4. The number of esters is 1. The monoisotopic (exact) mass is 245 g/mol. The zero-order valence-corrected chi connectivity index (χ0v) is 9.94. The van der Waals surface area contributed by atoms with Crippen molar-refractivity contribution < 1.29 is 18.3 Å². The average Bonchev–Trinajstić information content (AvgIpc) is 2.03. The first-order valence-electron chi connectivity index (χ1n) is 4.62. The van der Waals surface area contributed by atoms with Crippen LogP contribution >= 0.6 is 12.4 Å². The number of rotatable bonds is 5. The molecule has 0 radical (unpaired) electrons. The van der Waals surface area contributed by atoms with E-state index in [1.807, 2.05) is 0 Å². The van der Waals surface area contributed by atoms with Gasteiger partial charge in [0.2, 0.25) is 0 Å². The van der Waals surface area contributed by atoms with E-state index < -0.39 is 24.4 Å². The van der Waals surface area contributed by atoms with Crippen molar-refractivity contribution in [3.05, 3.63) is 0 Å². The lowest BCUT2D eigenvalue weighted by Gasteiger charge is -2.21. The van der Waals surface area contributed by atoms with Crippen LogP contribution in [0, 0.1) is 5.92 Å². The third-order valence-electron chi connectivity index (χ3n) is 1.92. The van der Waals surface area contributed by atoms with Crippen molar-refractivity contribution in [2.24, 2.45) is 11.7 Å². The number of halogens is 3. The van der Waals surface area contributed by atoms with Crippen LogP contribution in [0.25, 0.3) is 0 Å². The first kappa shape index (κ1) is 17.0. The van der Waals surface area contributed by atoms with Crippen LogP contribution in [0.15, 0.2) is 0 Å². The lowest BCUT2D eigenvalue weighted by molar-refractivity contribution is -0.173. The molecule has 0 aliphatic heterocycles. The van der Waals surface area contributed by atoms with Crippen molar-refractivity contribution in [2.45, 2.75) is 39.2 Å². The Morgan fingerprint density at radius 2 is 1.93 bits per heavy atom. The smallest absolute Gasteiger partial charge is 0.377 e. The van der Waals surface area contributed by atoms with E-state index in [1.165, 1.54) is 6.92 Å². The Morgan fingerprint density at radius 3 is 2.27 bits per heavy atom. The predicted octanol–water partition coefficient (Wildman–Crippen LogP) is 1.98. The molecule has 0 unspecified atom stereocenters. The van der Waals surface area contributed by atoms with E-state index >= 15 is 0 Å². The maximum atomic E-state index is 13.1. The van der Waals surface area contributed by atoms with Gasteiger partial charge < -0.3 is 10.5 Å². The highest BCUT2D eigenvalue weighted by Crippen LogP contribution is 2.23. The molecule has 0 fully saturated rings. The van der Waals surface area contributed by atoms with Gasteiger partial charge >= 0.3 is 11.9 Å². The number of ether oxygens (including phenoxy) is 1. The van der Waals surface area contributed by atoms with Crippen molar-refractivity contribution in [2.75, 3.05) is 6.61 Å². The molecule has 2 N–H and O–H groups in total. The number of alkyl halides is 2. The second kappa shape index (κ2) is 6.95. The molecule has 0 saturated heterocycles. The van der Waals surface area contributed by atoms with Gasteiger partial charge in [-0.3, -0.25) is 0 Å². The van der Waals surface area contributed by atoms with Crippen LogP contribution in [0.2, 0.25) is 0 Å². The molecule has 6 heteroatoms. The molecule has 15 heavy (non-hydrogen) atoms. The van der Waals surface area contributed by atoms with Gasteiger partial charge in [-0.15, -0.1) is 12.4 Å². The van der Waals surface area contributed by atoms with Crippen molar-refractivity contribution in [1.29, 1.82) is 0 Å². The number of hydrogen-bond acceptors (Lipinski definition) is 3. The van der Waals surface area contributed by atoms with Crippen LogP contribution in [-0.2, 0) is 9.53 Å². The number of carbonyl (C=O) groups is 1. The lowest BCUT2D eigenvalue weighted by atomic mass is 9.98. The molecule has 0 spiro atoms. The first-order valence-corrected chi connectivity index (χ1v) is 4.62. The second-order valence-electron chi connectivity index (χ2n) is 3.54. The van der Waals surface area contributed by atoms with E-state index in [9.17, 15) is 13.6 Å². The normalized spacial score (nSPS) is 13.3. The Labute approximate surface area is 94.8 Å². The lowest BCUT2D eigenvalue weighted by Crippen LogP contribution is -2.40. The molecule has 3 nitrogen and oxygen atoms in total. The zero-order chi connectivity index (χ0) is 11.4. The summed E-state index contributed by atoms with van der Waals surface area (Å²) >= 11 is 0. The van der Waals surface area contributed by atoms with Crippen molar-refractivity contribution in [3.63, 3.8) is 0 Å². The highest BCUT2D eigenvalue weighted by molar-refractivity contribution is 5.85. The van der Waals surface area contributed by atoms with E-state index in [2.05, 4.69) is 4.74 Å². The largest absolute Gasteiger partial charge is 0.462 e. The minimum atomic E-state index is -3.47. The minimum absolute atomic E-state index is 0. The van der Waals surface area contributed by atoms with Gasteiger partial charge in [-0.25, -0.2) is 4.79 Å². The maximum Gasteiger partial charge on any atom is 0.377 e. The van der Waals surface area contributed by atoms with Gasteiger partial charge in [-0.05, 0) is 12.8 Å². The molecule has 0 bridgehead atoms. The molecule has 0 rings (SSSR count). The quantitative estimate of drug-likeness (QED) is 0.754. The Hall–Kier alpha value is -0.420. The molecule has 0 aromatic heterocycles. The molecule has 0 aliphatic carbocycles. The molecular formula is C9H18ClF2NO2. The van der Waals surface area contributed by atoms with E-state index in [0.717, 1.165) is 0 Å². The third kappa shape index (κ3) is 5.89. The van der Waals surface area contributed by atoms with Crippen LogP contribution in [0.4, 0.5) is 8.78 Å². The summed E-state index contributed by atoms with van der Waals surface area (Å²) in [5.41, 5.74) is 5.45. The van der Waals surface area contributed by atoms with Gasteiger partial charge in [0.25, 0.3) is 0 Å². The van der Waals surface area contributed by atoms with Gasteiger partial charge in [0.1, 0.15) is 0 Å². The number of nitrogens with two attached hydrogens (primary N) is 1. The van der Waals surface area contributed by atoms with Crippen molar-refractivity contribution >= 4 is 18.4 Å². The zero-order valence-electron chi connectivity index (χ0n) is 9.13. The fraction of sp³-hybridized carbons (Fsp3) is 0.889. The maximum absolute atomic E-state index is 13.1. The highest BCUT2D eigenvalue weighted by Gasteiger charge is 2.42. The van der Waals surface area contributed by atoms with Crippen molar-refractivity contribution in [3.8, 4) is 0 Å². The first-order chi connectivity index (χ1) is 6.31. The molecule has 0 aromatic rings.